The van der Waals surface area contributed by atoms with Crippen molar-refractivity contribution in [3.05, 3.63) is 150 Å². The Morgan fingerprint density at radius 2 is 1.63 bits per heavy atom. The summed E-state index contributed by atoms with van der Waals surface area (Å²) >= 11 is 0. The van der Waals surface area contributed by atoms with E-state index < -0.39 is 14.0 Å². The van der Waals surface area contributed by atoms with Crippen molar-refractivity contribution in [2.75, 3.05) is 0 Å². The molecule has 0 fully saturated rings. The molecule has 0 unspecified atom stereocenters. The van der Waals surface area contributed by atoms with Gasteiger partial charge in [0.25, 0.3) is 0 Å². The summed E-state index contributed by atoms with van der Waals surface area (Å²) in [6.45, 7) is 19.4. The van der Waals surface area contributed by atoms with Crippen LogP contribution in [0.2, 0.25) is 19.6 Å². The minimum absolute atomic E-state index is 0. The average molecular weight is 967 g/mol. The van der Waals surface area contributed by atoms with E-state index in [9.17, 15) is 5.26 Å². The SMILES string of the molecule is Cc1ccc2c(n1)oc1c(-c3nc4c5ccccc5ccc4n3-c3ccc(C(C)(C)C)cc3)[c-]cc(C#N)c12.[2H]C(C)(C)c1cc(-c2[c-]cccc2)ncc1[Si](C)(C)C.[Ir]. The van der Waals surface area contributed by atoms with Crippen LogP contribution in [0.15, 0.2) is 120 Å². The van der Waals surface area contributed by atoms with Crippen molar-refractivity contribution in [2.24, 2.45) is 0 Å². The summed E-state index contributed by atoms with van der Waals surface area (Å²) < 4.78 is 17.0. The molecule has 0 bridgehead atoms. The van der Waals surface area contributed by atoms with E-state index in [1.54, 1.807) is 6.07 Å². The molecule has 0 saturated carbocycles. The van der Waals surface area contributed by atoms with Gasteiger partial charge in [0, 0.05) is 55.9 Å². The first-order valence-electron chi connectivity index (χ1n) is 20.2. The minimum Gasteiger partial charge on any atom is -0.486 e. The van der Waals surface area contributed by atoms with Crippen LogP contribution in [0, 0.1) is 30.4 Å². The van der Waals surface area contributed by atoms with Crippen LogP contribution < -0.4 is 5.19 Å². The fourth-order valence-electron chi connectivity index (χ4n) is 7.57. The Morgan fingerprint density at radius 3 is 2.31 bits per heavy atom. The average Bonchev–Trinajstić information content (AvgIpc) is 3.79. The Kier molecular flexibility index (Phi) is 11.0. The number of nitriles is 1. The molecule has 0 atom stereocenters. The largest absolute Gasteiger partial charge is 0.486 e. The van der Waals surface area contributed by atoms with Crippen molar-refractivity contribution in [1.29, 1.82) is 5.26 Å². The fraction of sp³-hybridized carbons (Fsp3) is 0.216. The van der Waals surface area contributed by atoms with Gasteiger partial charge in [0.15, 0.2) is 0 Å². The van der Waals surface area contributed by atoms with Crippen molar-refractivity contribution in [3.8, 4) is 34.4 Å². The second-order valence-electron chi connectivity index (χ2n) is 17.2. The summed E-state index contributed by atoms with van der Waals surface area (Å²) in [5.41, 5.74) is 10.3. The maximum Gasteiger partial charge on any atom is 0.216 e. The summed E-state index contributed by atoms with van der Waals surface area (Å²) in [6.07, 6.45) is 1.98. The summed E-state index contributed by atoms with van der Waals surface area (Å²) in [6, 6.07) is 45.6. The summed E-state index contributed by atoms with van der Waals surface area (Å²) in [7, 11) is -1.50. The van der Waals surface area contributed by atoms with Gasteiger partial charge in [0.2, 0.25) is 5.71 Å². The first-order valence-corrected chi connectivity index (χ1v) is 23.2. The monoisotopic (exact) mass is 967 g/mol. The molecule has 0 amide bonds. The minimum atomic E-state index is -1.50. The number of benzene rings is 5. The van der Waals surface area contributed by atoms with Crippen molar-refractivity contribution < 1.29 is 25.9 Å². The van der Waals surface area contributed by atoms with Crippen LogP contribution in [0.5, 0.6) is 0 Å². The number of hydrogen-bond acceptors (Lipinski definition) is 5. The van der Waals surface area contributed by atoms with Gasteiger partial charge in [-0.3, -0.25) is 4.98 Å². The number of aryl methyl sites for hydroxylation is 1. The predicted octanol–water partition coefficient (Wildman–Crippen LogP) is 12.6. The molecular formula is C51H47IrN5OSi-2. The molecule has 297 valence electrons. The van der Waals surface area contributed by atoms with Gasteiger partial charge in [-0.15, -0.1) is 48.0 Å². The van der Waals surface area contributed by atoms with Gasteiger partial charge in [-0.1, -0.05) is 114 Å². The molecule has 0 saturated heterocycles. The van der Waals surface area contributed by atoms with Gasteiger partial charge < -0.3 is 14.0 Å². The zero-order valence-electron chi connectivity index (χ0n) is 35.9. The van der Waals surface area contributed by atoms with Crippen molar-refractivity contribution in [1.82, 2.24) is 19.5 Å². The van der Waals surface area contributed by atoms with Crippen LogP contribution in [0.3, 0.4) is 0 Å². The summed E-state index contributed by atoms with van der Waals surface area (Å²) in [5, 5.41) is 15.0. The number of aromatic nitrogens is 4. The number of fused-ring (bicyclic) bond motifs is 6. The smallest absolute Gasteiger partial charge is 0.216 e. The van der Waals surface area contributed by atoms with Crippen molar-refractivity contribution >= 4 is 57.1 Å². The Labute approximate surface area is 362 Å². The Hall–Kier alpha value is -5.71. The zero-order valence-corrected chi connectivity index (χ0v) is 38.3. The number of hydrogen-bond donors (Lipinski definition) is 0. The van der Waals surface area contributed by atoms with Gasteiger partial charge in [-0.25, -0.2) is 10.2 Å². The molecule has 4 heterocycles. The second kappa shape index (κ2) is 16.1. The molecular weight excluding hydrogens is 919 g/mol. The van der Waals surface area contributed by atoms with Crippen molar-refractivity contribution in [2.45, 2.75) is 72.5 Å². The molecule has 5 aromatic carbocycles. The molecule has 4 aromatic heterocycles. The molecule has 8 heteroatoms. The first-order chi connectivity index (χ1) is 28.0. The Balaban J connectivity index is 0.000000220. The third-order valence-electron chi connectivity index (χ3n) is 10.7. The number of nitrogens with zero attached hydrogens (tertiary/aromatic N) is 5. The third kappa shape index (κ3) is 7.91. The quantitative estimate of drug-likeness (QED) is 0.127. The van der Waals surface area contributed by atoms with Crippen LogP contribution in [-0.4, -0.2) is 27.6 Å². The van der Waals surface area contributed by atoms with E-state index in [-0.39, 0.29) is 25.5 Å². The maximum absolute atomic E-state index is 9.93. The number of imidazole rings is 1. The molecule has 0 spiro atoms. The zero-order chi connectivity index (χ0) is 41.9. The van der Waals surface area contributed by atoms with E-state index in [0.29, 0.717) is 28.2 Å². The molecule has 59 heavy (non-hydrogen) atoms. The molecule has 0 aliphatic rings. The van der Waals surface area contributed by atoms with Crippen LogP contribution in [0.4, 0.5) is 0 Å². The summed E-state index contributed by atoms with van der Waals surface area (Å²) in [4.78, 5) is 14.4. The molecule has 0 aliphatic heterocycles. The van der Waals surface area contributed by atoms with Gasteiger partial charge in [-0.2, -0.15) is 0 Å². The van der Waals surface area contributed by atoms with Gasteiger partial charge in [0.1, 0.15) is 0 Å². The molecule has 0 aliphatic carbocycles. The summed E-state index contributed by atoms with van der Waals surface area (Å²) in [5.74, 6) is 0.0948. The van der Waals surface area contributed by atoms with Gasteiger partial charge >= 0.3 is 0 Å². The van der Waals surface area contributed by atoms with Gasteiger partial charge in [-0.05, 0) is 81.3 Å². The van der Waals surface area contributed by atoms with E-state index in [0.717, 1.165) is 60.8 Å². The topological polar surface area (TPSA) is 80.5 Å². The van der Waals surface area contributed by atoms with E-state index >= 15 is 0 Å². The van der Waals surface area contributed by atoms with E-state index in [1.165, 1.54) is 10.8 Å². The van der Waals surface area contributed by atoms with Crippen LogP contribution in [0.1, 0.15) is 64.3 Å². The Bertz CT molecular complexity index is 3070. The number of rotatable bonds is 5. The van der Waals surface area contributed by atoms with E-state index in [2.05, 4.69) is 128 Å². The first kappa shape index (κ1) is 40.1. The van der Waals surface area contributed by atoms with Gasteiger partial charge in [0.05, 0.1) is 30.5 Å². The number of furan rings is 1. The standard InChI is InChI=1S/C34H25N4O.C17H22NSi.Ir/c1-20-9-16-26-29-22(19-35)10-17-27(31(29)39-33(26)36-20)32-37-30-25-8-6-5-7-21(25)11-18-28(30)38(32)24-14-12-23(13-15-24)34(2,3)4;1-13(2)15-11-16(14-9-7-6-8-10-14)18-12-17(15)19(3,4)5;/h5-16,18H,1-4H3;6-9,11-13H,1-5H3;/q2*-1;/i;13D;. The predicted molar refractivity (Wildman–Crippen MR) is 242 cm³/mol. The second-order valence-corrected chi connectivity index (χ2v) is 22.2. The maximum atomic E-state index is 9.93. The van der Waals surface area contributed by atoms with E-state index in [4.69, 9.17) is 10.8 Å². The van der Waals surface area contributed by atoms with Crippen molar-refractivity contribution in [3.63, 3.8) is 0 Å². The molecule has 1 radical (unpaired) electrons. The molecule has 9 aromatic rings. The van der Waals surface area contributed by atoms with Crippen LogP contribution >= 0.6 is 0 Å². The number of pyridine rings is 2. The molecule has 6 nitrogen and oxygen atoms in total. The molecule has 0 N–H and O–H groups in total. The molecule has 9 rings (SSSR count). The third-order valence-corrected chi connectivity index (χ3v) is 12.7. The fourth-order valence-corrected chi connectivity index (χ4v) is 9.15. The van der Waals surface area contributed by atoms with E-state index in [1.807, 2.05) is 75.5 Å². The normalized spacial score (nSPS) is 12.2. The van der Waals surface area contributed by atoms with Crippen LogP contribution in [-0.2, 0) is 25.5 Å². The Morgan fingerprint density at radius 1 is 0.881 bits per heavy atom. The van der Waals surface area contributed by atoms with Crippen LogP contribution in [0.25, 0.3) is 72.2 Å².